The molecule has 0 saturated carbocycles. The number of hydrogen-bond acceptors (Lipinski definition) is 0. The van der Waals surface area contributed by atoms with Crippen LogP contribution in [0, 0.1) is 0 Å². The maximum atomic E-state index is 2.56. The third-order valence-corrected chi connectivity index (χ3v) is 13.2. The lowest BCUT2D eigenvalue weighted by atomic mass is 9.70. The molecule has 0 fully saturated rings. The molecule has 0 aromatic heterocycles. The predicted octanol–water partition coefficient (Wildman–Crippen LogP) is 15.1. The molecule has 0 aliphatic heterocycles. The van der Waals surface area contributed by atoms with Crippen molar-refractivity contribution in [2.24, 2.45) is 0 Å². The topological polar surface area (TPSA) is 0 Å². The molecular weight excluding hydrogens is 685 g/mol. The molecule has 0 nitrogen and oxygen atoms in total. The second kappa shape index (κ2) is 11.4. The van der Waals surface area contributed by atoms with E-state index in [2.05, 4.69) is 206 Å². The Labute approximate surface area is 330 Å². The first kappa shape index (κ1) is 31.0. The summed E-state index contributed by atoms with van der Waals surface area (Å²) in [6, 6.07) is 77.8. The van der Waals surface area contributed by atoms with Crippen LogP contribution in [0.4, 0.5) is 0 Å². The highest BCUT2D eigenvalue weighted by molar-refractivity contribution is 6.20. The van der Waals surface area contributed by atoms with E-state index >= 15 is 0 Å². The number of benzene rings is 11. The lowest BCUT2D eigenvalue weighted by molar-refractivity contribution is 0.795. The summed E-state index contributed by atoms with van der Waals surface area (Å²) in [5, 5.41) is 12.8. The molecule has 1 spiro atoms. The molecule has 0 heterocycles. The van der Waals surface area contributed by atoms with Crippen molar-refractivity contribution in [2.45, 2.75) is 5.41 Å². The average molecular weight is 719 g/mol. The molecule has 11 aromatic carbocycles. The fourth-order valence-corrected chi connectivity index (χ4v) is 10.9. The van der Waals surface area contributed by atoms with Crippen molar-refractivity contribution in [3.05, 3.63) is 229 Å². The molecule has 0 amide bonds. The van der Waals surface area contributed by atoms with E-state index in [9.17, 15) is 0 Å². The summed E-state index contributed by atoms with van der Waals surface area (Å²) >= 11 is 0. The van der Waals surface area contributed by atoms with Gasteiger partial charge in [0.25, 0.3) is 0 Å². The van der Waals surface area contributed by atoms with E-state index < -0.39 is 5.41 Å². The van der Waals surface area contributed by atoms with Crippen LogP contribution in [0.25, 0.3) is 98.4 Å². The number of fused-ring (bicyclic) bond motifs is 16. The van der Waals surface area contributed by atoms with Crippen LogP contribution in [0.1, 0.15) is 22.3 Å². The molecular formula is C57H34. The summed E-state index contributed by atoms with van der Waals surface area (Å²) in [7, 11) is 0. The van der Waals surface area contributed by atoms with Crippen LogP contribution in [0.3, 0.4) is 0 Å². The van der Waals surface area contributed by atoms with E-state index in [1.165, 1.54) is 121 Å². The first-order valence-corrected chi connectivity index (χ1v) is 20.0. The van der Waals surface area contributed by atoms with Crippen molar-refractivity contribution >= 4 is 53.9 Å². The Kier molecular flexibility index (Phi) is 6.19. The van der Waals surface area contributed by atoms with Crippen molar-refractivity contribution < 1.29 is 0 Å². The van der Waals surface area contributed by atoms with Gasteiger partial charge in [-0.25, -0.2) is 0 Å². The molecule has 13 rings (SSSR count). The third-order valence-electron chi connectivity index (χ3n) is 13.2. The van der Waals surface area contributed by atoms with Crippen molar-refractivity contribution in [2.75, 3.05) is 0 Å². The van der Waals surface area contributed by atoms with Crippen molar-refractivity contribution in [1.29, 1.82) is 0 Å². The monoisotopic (exact) mass is 718 g/mol. The van der Waals surface area contributed by atoms with Crippen molar-refractivity contribution in [3.63, 3.8) is 0 Å². The van der Waals surface area contributed by atoms with Gasteiger partial charge in [0, 0.05) is 0 Å². The van der Waals surface area contributed by atoms with Gasteiger partial charge >= 0.3 is 0 Å². The molecule has 0 radical (unpaired) electrons. The fraction of sp³-hybridized carbons (Fsp3) is 0.0175. The molecule has 0 saturated heterocycles. The number of rotatable bonds is 2. The molecule has 0 bridgehead atoms. The maximum Gasteiger partial charge on any atom is 0.0725 e. The maximum absolute atomic E-state index is 2.56. The minimum absolute atomic E-state index is 0.468. The summed E-state index contributed by atoms with van der Waals surface area (Å²) in [5.41, 5.74) is 15.3. The predicted molar refractivity (Wildman–Crippen MR) is 241 cm³/mol. The average Bonchev–Trinajstić information content (AvgIpc) is 3.73. The van der Waals surface area contributed by atoms with E-state index in [0.29, 0.717) is 0 Å². The molecule has 2 aliphatic rings. The Bertz CT molecular complexity index is 3480. The second-order valence-electron chi connectivity index (χ2n) is 15.9. The summed E-state index contributed by atoms with van der Waals surface area (Å²) in [6.07, 6.45) is 0. The molecule has 11 aromatic rings. The van der Waals surface area contributed by atoms with Crippen LogP contribution in [0.15, 0.2) is 206 Å². The van der Waals surface area contributed by atoms with Gasteiger partial charge in [-0.3, -0.25) is 0 Å². The molecule has 0 unspecified atom stereocenters. The zero-order chi connectivity index (χ0) is 37.2. The Hall–Kier alpha value is -7.28. The Morgan fingerprint density at radius 2 is 0.754 bits per heavy atom. The van der Waals surface area contributed by atoms with E-state index in [1.807, 2.05) is 0 Å². The highest BCUT2D eigenvalue weighted by Gasteiger charge is 2.51. The zero-order valence-electron chi connectivity index (χ0n) is 31.1. The van der Waals surface area contributed by atoms with Crippen LogP contribution in [-0.4, -0.2) is 0 Å². The van der Waals surface area contributed by atoms with Crippen molar-refractivity contribution in [1.82, 2.24) is 0 Å². The van der Waals surface area contributed by atoms with Crippen LogP contribution in [0.2, 0.25) is 0 Å². The van der Waals surface area contributed by atoms with E-state index in [4.69, 9.17) is 0 Å². The molecule has 57 heavy (non-hydrogen) atoms. The van der Waals surface area contributed by atoms with Crippen LogP contribution in [0.5, 0.6) is 0 Å². The normalized spacial score (nSPS) is 13.4. The number of hydrogen-bond donors (Lipinski definition) is 0. The lowest BCUT2D eigenvalue weighted by Crippen LogP contribution is -2.25. The second-order valence-corrected chi connectivity index (χ2v) is 15.9. The lowest BCUT2D eigenvalue weighted by Gasteiger charge is -2.31. The zero-order valence-corrected chi connectivity index (χ0v) is 31.1. The van der Waals surface area contributed by atoms with Gasteiger partial charge in [0.05, 0.1) is 5.41 Å². The summed E-state index contributed by atoms with van der Waals surface area (Å²) in [6.45, 7) is 0. The Balaban J connectivity index is 1.15. The van der Waals surface area contributed by atoms with Crippen molar-refractivity contribution in [3.8, 4) is 44.5 Å². The van der Waals surface area contributed by atoms with Crippen LogP contribution < -0.4 is 0 Å². The summed E-state index contributed by atoms with van der Waals surface area (Å²) in [4.78, 5) is 0. The minimum atomic E-state index is -0.468. The Morgan fingerprint density at radius 1 is 0.228 bits per heavy atom. The molecule has 0 N–H and O–H groups in total. The van der Waals surface area contributed by atoms with E-state index in [0.717, 1.165) is 0 Å². The fourth-order valence-electron chi connectivity index (χ4n) is 10.9. The SMILES string of the molecule is c1ccc2c(c1)-c1ccccc1C21c2cc(-c3c4ccccc4cc4c3ccc3ccccc34)ccc2-c2cc3c(-c4cccc5ccccc45)cccc3cc21. The van der Waals surface area contributed by atoms with Gasteiger partial charge in [0.2, 0.25) is 0 Å². The molecule has 262 valence electrons. The van der Waals surface area contributed by atoms with Crippen LogP contribution in [-0.2, 0) is 5.41 Å². The van der Waals surface area contributed by atoms with E-state index in [1.54, 1.807) is 0 Å². The molecule has 2 aliphatic carbocycles. The summed E-state index contributed by atoms with van der Waals surface area (Å²) in [5.74, 6) is 0. The minimum Gasteiger partial charge on any atom is -0.0619 e. The van der Waals surface area contributed by atoms with Gasteiger partial charge in [-0.1, -0.05) is 182 Å². The first-order chi connectivity index (χ1) is 28.3. The molecule has 0 atom stereocenters. The van der Waals surface area contributed by atoms with Gasteiger partial charge in [-0.2, -0.15) is 0 Å². The van der Waals surface area contributed by atoms with Gasteiger partial charge in [-0.15, -0.1) is 0 Å². The quantitative estimate of drug-likeness (QED) is 0.123. The third kappa shape index (κ3) is 4.07. The smallest absolute Gasteiger partial charge is 0.0619 e. The van der Waals surface area contributed by atoms with Gasteiger partial charge < -0.3 is 0 Å². The van der Waals surface area contributed by atoms with Gasteiger partial charge in [-0.05, 0) is 145 Å². The highest BCUT2D eigenvalue weighted by Crippen LogP contribution is 2.64. The summed E-state index contributed by atoms with van der Waals surface area (Å²) < 4.78 is 0. The largest absolute Gasteiger partial charge is 0.0725 e. The van der Waals surface area contributed by atoms with Gasteiger partial charge in [0.1, 0.15) is 0 Å². The van der Waals surface area contributed by atoms with Crippen LogP contribution >= 0.6 is 0 Å². The highest BCUT2D eigenvalue weighted by atomic mass is 14.5. The Morgan fingerprint density at radius 3 is 1.53 bits per heavy atom. The van der Waals surface area contributed by atoms with E-state index in [-0.39, 0.29) is 0 Å². The first-order valence-electron chi connectivity index (χ1n) is 20.0. The standard InChI is InChI=1S/C57H34/c1-4-18-40-35(13-1)16-11-23-43(40)44-24-12-17-38-32-55-51(34-49(38)44)47-29-28-39(33-54(47)57(55)52-25-9-7-21-45(52)46-22-8-10-26-53(46)57)56-42-20-6-3-15-37(42)31-50-41-19-5-2-14-36(41)27-30-48(50)56/h1-34H. The van der Waals surface area contributed by atoms with Gasteiger partial charge in [0.15, 0.2) is 0 Å². The molecule has 0 heteroatoms.